The molecule has 1 aromatic rings. The number of nitrogens with one attached hydrogen (secondary N) is 1. The lowest BCUT2D eigenvalue weighted by atomic mass is 9.88. The maximum atomic E-state index is 5.47. The van der Waals surface area contributed by atoms with Crippen LogP contribution in [0, 0.1) is 5.92 Å². The largest absolute Gasteiger partial charge is 0.496 e. The number of hydrogen-bond acceptors (Lipinski definition) is 3. The number of likely N-dealkylation sites (N-methyl/N-ethyl adjacent to an activating group) is 1. The number of methoxy groups -OCH3 is 1. The summed E-state index contributed by atoms with van der Waals surface area (Å²) in [4.78, 5) is 2.53. The van der Waals surface area contributed by atoms with Gasteiger partial charge in [-0.2, -0.15) is 0 Å². The Labute approximate surface area is 128 Å². The fourth-order valence-corrected chi connectivity index (χ4v) is 4.03. The summed E-state index contributed by atoms with van der Waals surface area (Å²) in [7, 11) is 4.03. The van der Waals surface area contributed by atoms with Crippen LogP contribution in [-0.4, -0.2) is 43.7 Å². The number of ether oxygens (including phenoxy) is 1. The maximum Gasteiger partial charge on any atom is 0.122 e. The Bertz CT molecular complexity index is 476. The summed E-state index contributed by atoms with van der Waals surface area (Å²) in [5, 5.41) is 3.74. The first kappa shape index (κ1) is 14.9. The molecule has 0 spiro atoms. The minimum atomic E-state index is 0.542. The summed E-state index contributed by atoms with van der Waals surface area (Å²) in [6.07, 6.45) is 5.19. The molecule has 2 aliphatic heterocycles. The first-order valence-corrected chi connectivity index (χ1v) is 8.25. The van der Waals surface area contributed by atoms with E-state index >= 15 is 0 Å². The summed E-state index contributed by atoms with van der Waals surface area (Å²) in [6.45, 7) is 3.54. The summed E-state index contributed by atoms with van der Waals surface area (Å²) in [6, 6.07) is 10.5. The van der Waals surface area contributed by atoms with E-state index in [1.54, 1.807) is 7.11 Å². The molecule has 116 valence electrons. The van der Waals surface area contributed by atoms with Gasteiger partial charge >= 0.3 is 0 Å². The van der Waals surface area contributed by atoms with Crippen molar-refractivity contribution in [2.45, 2.75) is 50.7 Å². The Morgan fingerprint density at radius 3 is 2.81 bits per heavy atom. The van der Waals surface area contributed by atoms with E-state index < -0.39 is 0 Å². The minimum absolute atomic E-state index is 0.542. The molecule has 3 heteroatoms. The third-order valence-electron chi connectivity index (χ3n) is 5.42. The van der Waals surface area contributed by atoms with Crippen molar-refractivity contribution in [1.82, 2.24) is 10.2 Å². The van der Waals surface area contributed by atoms with Crippen LogP contribution in [0.3, 0.4) is 0 Å². The van der Waals surface area contributed by atoms with Gasteiger partial charge in [0.05, 0.1) is 7.11 Å². The second-order valence-electron chi connectivity index (χ2n) is 6.85. The summed E-state index contributed by atoms with van der Waals surface area (Å²) in [5.41, 5.74) is 1.31. The Morgan fingerprint density at radius 1 is 1.33 bits per heavy atom. The second kappa shape index (κ2) is 6.37. The lowest BCUT2D eigenvalue weighted by Gasteiger charge is -2.30. The molecule has 2 aliphatic rings. The fourth-order valence-electron chi connectivity index (χ4n) is 4.03. The van der Waals surface area contributed by atoms with Gasteiger partial charge in [0.2, 0.25) is 0 Å². The van der Waals surface area contributed by atoms with Crippen molar-refractivity contribution in [3.63, 3.8) is 0 Å². The SMILES string of the molecule is COc1ccccc1CC(C)N(C)CC1CC2CCC1N2. The lowest BCUT2D eigenvalue weighted by molar-refractivity contribution is 0.199. The van der Waals surface area contributed by atoms with E-state index in [0.29, 0.717) is 6.04 Å². The third kappa shape index (κ3) is 3.24. The van der Waals surface area contributed by atoms with Crippen molar-refractivity contribution in [1.29, 1.82) is 0 Å². The maximum absolute atomic E-state index is 5.47. The molecule has 4 unspecified atom stereocenters. The van der Waals surface area contributed by atoms with Crippen LogP contribution in [-0.2, 0) is 6.42 Å². The van der Waals surface area contributed by atoms with Crippen molar-refractivity contribution in [3.8, 4) is 5.75 Å². The standard InChI is InChI=1S/C18H28N2O/c1-13(10-14-6-4-5-7-18(14)21-3)20(2)12-15-11-16-8-9-17(15)19-16/h4-7,13,15-17,19H,8-12H2,1-3H3. The molecule has 2 heterocycles. The molecule has 0 aliphatic carbocycles. The van der Waals surface area contributed by atoms with Gasteiger partial charge in [0.15, 0.2) is 0 Å². The summed E-state index contributed by atoms with van der Waals surface area (Å²) >= 11 is 0. The van der Waals surface area contributed by atoms with E-state index in [1.807, 2.05) is 6.07 Å². The molecule has 3 nitrogen and oxygen atoms in total. The van der Waals surface area contributed by atoms with E-state index in [0.717, 1.165) is 30.2 Å². The molecule has 2 bridgehead atoms. The van der Waals surface area contributed by atoms with Gasteiger partial charge < -0.3 is 15.0 Å². The van der Waals surface area contributed by atoms with Gasteiger partial charge in [-0.05, 0) is 57.2 Å². The van der Waals surface area contributed by atoms with E-state index in [-0.39, 0.29) is 0 Å². The Morgan fingerprint density at radius 2 is 2.14 bits per heavy atom. The second-order valence-corrected chi connectivity index (χ2v) is 6.85. The molecule has 3 rings (SSSR count). The monoisotopic (exact) mass is 288 g/mol. The predicted octanol–water partition coefficient (Wildman–Crippen LogP) is 2.70. The van der Waals surface area contributed by atoms with Crippen molar-refractivity contribution in [3.05, 3.63) is 29.8 Å². The van der Waals surface area contributed by atoms with Crippen molar-refractivity contribution < 1.29 is 4.74 Å². The van der Waals surface area contributed by atoms with Gasteiger partial charge in [-0.25, -0.2) is 0 Å². The quantitative estimate of drug-likeness (QED) is 0.871. The first-order chi connectivity index (χ1) is 10.2. The lowest BCUT2D eigenvalue weighted by Crippen LogP contribution is -2.38. The van der Waals surface area contributed by atoms with Gasteiger partial charge in [0.25, 0.3) is 0 Å². The first-order valence-electron chi connectivity index (χ1n) is 8.25. The fraction of sp³-hybridized carbons (Fsp3) is 0.667. The Hall–Kier alpha value is -1.06. The molecule has 1 aromatic carbocycles. The number of para-hydroxylation sites is 1. The summed E-state index contributed by atoms with van der Waals surface area (Å²) < 4.78 is 5.47. The smallest absolute Gasteiger partial charge is 0.122 e. The average Bonchev–Trinajstić information content (AvgIpc) is 3.10. The van der Waals surface area contributed by atoms with E-state index in [2.05, 4.69) is 42.4 Å². The molecule has 0 saturated carbocycles. The molecule has 1 N–H and O–H groups in total. The highest BCUT2D eigenvalue weighted by Gasteiger charge is 2.39. The van der Waals surface area contributed by atoms with E-state index in [4.69, 9.17) is 4.74 Å². The van der Waals surface area contributed by atoms with Crippen molar-refractivity contribution in [2.75, 3.05) is 20.7 Å². The Balaban J connectivity index is 1.56. The zero-order valence-corrected chi connectivity index (χ0v) is 13.5. The third-order valence-corrected chi connectivity index (χ3v) is 5.42. The number of hydrogen-bond donors (Lipinski definition) is 1. The van der Waals surface area contributed by atoms with Crippen molar-refractivity contribution >= 4 is 0 Å². The van der Waals surface area contributed by atoms with E-state index in [9.17, 15) is 0 Å². The van der Waals surface area contributed by atoms with Gasteiger partial charge in [-0.3, -0.25) is 0 Å². The number of fused-ring (bicyclic) bond motifs is 2. The topological polar surface area (TPSA) is 24.5 Å². The minimum Gasteiger partial charge on any atom is -0.496 e. The van der Waals surface area contributed by atoms with Crippen LogP contribution in [0.2, 0.25) is 0 Å². The molecule has 21 heavy (non-hydrogen) atoms. The van der Waals surface area contributed by atoms with Crippen molar-refractivity contribution in [2.24, 2.45) is 5.92 Å². The van der Waals surface area contributed by atoms with Gasteiger partial charge in [-0.1, -0.05) is 18.2 Å². The van der Waals surface area contributed by atoms with Crippen LogP contribution in [0.25, 0.3) is 0 Å². The van der Waals surface area contributed by atoms with Gasteiger partial charge in [0, 0.05) is 24.7 Å². The molecular weight excluding hydrogens is 260 g/mol. The molecule has 0 amide bonds. The van der Waals surface area contributed by atoms with Gasteiger partial charge in [0.1, 0.15) is 5.75 Å². The molecule has 4 atom stereocenters. The normalized spacial score (nSPS) is 29.0. The molecule has 2 saturated heterocycles. The average molecular weight is 288 g/mol. The molecule has 0 radical (unpaired) electrons. The van der Waals surface area contributed by atoms with Crippen LogP contribution in [0.4, 0.5) is 0 Å². The number of rotatable bonds is 6. The van der Waals surface area contributed by atoms with Crippen LogP contribution >= 0.6 is 0 Å². The predicted molar refractivity (Wildman–Crippen MR) is 86.8 cm³/mol. The highest BCUT2D eigenvalue weighted by atomic mass is 16.5. The molecular formula is C18H28N2O. The van der Waals surface area contributed by atoms with Crippen LogP contribution in [0.5, 0.6) is 5.75 Å². The molecule has 0 aromatic heterocycles. The molecule has 2 fully saturated rings. The zero-order chi connectivity index (χ0) is 14.8. The van der Waals surface area contributed by atoms with Gasteiger partial charge in [-0.15, -0.1) is 0 Å². The van der Waals surface area contributed by atoms with E-state index in [1.165, 1.54) is 31.4 Å². The van der Waals surface area contributed by atoms with Crippen LogP contribution in [0.15, 0.2) is 24.3 Å². The Kier molecular flexibility index (Phi) is 4.51. The highest BCUT2D eigenvalue weighted by Crippen LogP contribution is 2.34. The number of benzene rings is 1. The summed E-state index contributed by atoms with van der Waals surface area (Å²) in [5.74, 6) is 1.85. The zero-order valence-electron chi connectivity index (χ0n) is 13.5. The van der Waals surface area contributed by atoms with Crippen LogP contribution in [0.1, 0.15) is 31.7 Å². The highest BCUT2D eigenvalue weighted by molar-refractivity contribution is 5.33. The number of nitrogens with zero attached hydrogens (tertiary/aromatic N) is 1. The van der Waals surface area contributed by atoms with Crippen LogP contribution < -0.4 is 10.1 Å².